The van der Waals surface area contributed by atoms with Crippen LogP contribution in [-0.4, -0.2) is 16.7 Å². The van der Waals surface area contributed by atoms with Gasteiger partial charge in [0.05, 0.1) is 28.5 Å². The molecule has 5 unspecified atom stereocenters. The van der Waals surface area contributed by atoms with E-state index in [1.165, 1.54) is 133 Å². The Labute approximate surface area is 561 Å². The lowest BCUT2D eigenvalue weighted by Crippen LogP contribution is -2.49. The molecule has 0 radical (unpaired) electrons. The maximum Gasteiger partial charge on any atom is 0.0543 e. The molecule has 3 heteroatoms. The fraction of sp³-hybridized carbons (Fsp3) is 0.239. The van der Waals surface area contributed by atoms with E-state index in [4.69, 9.17) is 0 Å². The molecule has 466 valence electrons. The Morgan fingerprint density at radius 1 is 0.432 bits per heavy atom. The Morgan fingerprint density at radius 3 is 1.47 bits per heavy atom. The number of para-hydroxylation sites is 2. The normalized spacial score (nSPS) is 21.5. The molecule has 2 aliphatic heterocycles. The van der Waals surface area contributed by atoms with Gasteiger partial charge < -0.3 is 14.4 Å². The van der Waals surface area contributed by atoms with Gasteiger partial charge in [-0.05, 0) is 192 Å². The summed E-state index contributed by atoms with van der Waals surface area (Å²) < 4.78 is 2.76. The van der Waals surface area contributed by atoms with Gasteiger partial charge in [0, 0.05) is 66.7 Å². The van der Waals surface area contributed by atoms with Gasteiger partial charge in [0.1, 0.15) is 0 Å². The highest BCUT2D eigenvalue weighted by atomic mass is 15.2. The fourth-order valence-electron chi connectivity index (χ4n) is 18.8. The summed E-state index contributed by atoms with van der Waals surface area (Å²) in [7, 11) is 0. The molecule has 9 aromatic carbocycles. The molecule has 0 spiro atoms. The van der Waals surface area contributed by atoms with Crippen molar-refractivity contribution in [3.05, 3.63) is 314 Å². The van der Waals surface area contributed by atoms with E-state index in [0.29, 0.717) is 5.92 Å². The van der Waals surface area contributed by atoms with E-state index in [9.17, 15) is 0 Å². The minimum atomic E-state index is -0.159. The number of anilines is 4. The lowest BCUT2D eigenvalue weighted by molar-refractivity contribution is 0.524. The number of rotatable bonds is 10. The molecule has 3 heterocycles. The molecule has 0 fully saturated rings. The topological polar surface area (TPSA) is 11.4 Å². The van der Waals surface area contributed by atoms with E-state index >= 15 is 0 Å². The van der Waals surface area contributed by atoms with Crippen molar-refractivity contribution < 1.29 is 0 Å². The number of hydrogen-bond donors (Lipinski definition) is 0. The Bertz CT molecular complexity index is 5320. The summed E-state index contributed by atoms with van der Waals surface area (Å²) in [6.07, 6.45) is 25.3. The molecular formula is C92H83N3. The monoisotopic (exact) mass is 1230 g/mol. The van der Waals surface area contributed by atoms with Crippen LogP contribution in [0.3, 0.4) is 0 Å². The van der Waals surface area contributed by atoms with Crippen molar-refractivity contribution in [2.24, 2.45) is 11.8 Å². The second-order valence-electron chi connectivity index (χ2n) is 30.8. The van der Waals surface area contributed by atoms with Gasteiger partial charge in [-0.1, -0.05) is 263 Å². The van der Waals surface area contributed by atoms with E-state index in [0.717, 1.165) is 30.6 Å². The predicted molar refractivity (Wildman–Crippen MR) is 399 cm³/mol. The molecule has 6 aliphatic carbocycles. The zero-order valence-electron chi connectivity index (χ0n) is 56.6. The largest absolute Gasteiger partial charge is 0.358 e. The summed E-state index contributed by atoms with van der Waals surface area (Å²) in [5, 5.41) is 5.76. The summed E-state index contributed by atoms with van der Waals surface area (Å²) in [4.78, 5) is 5.16. The Hall–Kier alpha value is -9.70. The Balaban J connectivity index is 0.684. The second-order valence-corrected chi connectivity index (χ2v) is 30.8. The first-order valence-electron chi connectivity index (χ1n) is 35.0. The Morgan fingerprint density at radius 2 is 0.916 bits per heavy atom. The highest BCUT2D eigenvalue weighted by Gasteiger charge is 2.46. The molecule has 0 N–H and O–H groups in total. The maximum absolute atomic E-state index is 2.76. The fourth-order valence-corrected chi connectivity index (χ4v) is 18.8. The zero-order chi connectivity index (χ0) is 64.6. The molecule has 0 saturated carbocycles. The average molecular weight is 1230 g/mol. The van der Waals surface area contributed by atoms with Crippen molar-refractivity contribution in [2.75, 3.05) is 9.80 Å². The van der Waals surface area contributed by atoms with E-state index < -0.39 is 0 Å². The summed E-state index contributed by atoms with van der Waals surface area (Å²) in [5.74, 6) is 0.821. The quantitative estimate of drug-likeness (QED) is 0.135. The first kappa shape index (κ1) is 57.9. The number of allylic oxidation sites excluding steroid dienone is 4. The van der Waals surface area contributed by atoms with E-state index in [-0.39, 0.29) is 45.6 Å². The highest BCUT2D eigenvalue weighted by Crippen LogP contribution is 2.54. The lowest BCUT2D eigenvalue weighted by atomic mass is 9.65. The molecule has 8 aliphatic rings. The number of benzene rings is 9. The van der Waals surface area contributed by atoms with Crippen LogP contribution in [0.25, 0.3) is 73.5 Å². The average Bonchev–Trinajstić information content (AvgIpc) is 1.55. The molecular weight excluding hydrogens is 1150 g/mol. The third-order valence-corrected chi connectivity index (χ3v) is 24.2. The first-order valence-corrected chi connectivity index (χ1v) is 35.0. The van der Waals surface area contributed by atoms with Crippen molar-refractivity contribution in [3.63, 3.8) is 0 Å². The van der Waals surface area contributed by atoms with Gasteiger partial charge in [0.15, 0.2) is 0 Å². The van der Waals surface area contributed by atoms with Crippen LogP contribution in [-0.2, 0) is 21.7 Å². The van der Waals surface area contributed by atoms with Gasteiger partial charge in [0.25, 0.3) is 0 Å². The number of fused-ring (bicyclic) bond motifs is 7. The molecule has 3 nitrogen and oxygen atoms in total. The molecule has 18 rings (SSSR count). The summed E-state index contributed by atoms with van der Waals surface area (Å²) in [6.45, 7) is 24.2. The first-order chi connectivity index (χ1) is 45.9. The Kier molecular flexibility index (Phi) is 12.7. The van der Waals surface area contributed by atoms with Gasteiger partial charge >= 0.3 is 0 Å². The van der Waals surface area contributed by atoms with Crippen LogP contribution >= 0.6 is 0 Å². The van der Waals surface area contributed by atoms with Crippen molar-refractivity contribution in [1.29, 1.82) is 0 Å². The van der Waals surface area contributed by atoms with Gasteiger partial charge in [-0.2, -0.15) is 0 Å². The van der Waals surface area contributed by atoms with Crippen LogP contribution < -0.4 is 30.9 Å². The minimum absolute atomic E-state index is 0.0398. The van der Waals surface area contributed by atoms with Crippen molar-refractivity contribution in [1.82, 2.24) is 4.57 Å². The van der Waals surface area contributed by atoms with Crippen LogP contribution in [0.2, 0.25) is 0 Å². The summed E-state index contributed by atoms with van der Waals surface area (Å²) in [5.41, 5.74) is 32.0. The molecule has 0 bridgehead atoms. The van der Waals surface area contributed by atoms with Crippen molar-refractivity contribution >= 4 is 46.0 Å². The molecule has 1 aromatic heterocycles. The van der Waals surface area contributed by atoms with Gasteiger partial charge in [0.2, 0.25) is 0 Å². The predicted octanol–water partition coefficient (Wildman–Crippen LogP) is 19.7. The maximum atomic E-state index is 2.76. The molecule has 10 aromatic rings. The smallest absolute Gasteiger partial charge is 0.0543 e. The van der Waals surface area contributed by atoms with E-state index in [2.05, 4.69) is 338 Å². The number of nitrogens with zero attached hydrogens (tertiary/aromatic N) is 3. The van der Waals surface area contributed by atoms with Crippen molar-refractivity contribution in [2.45, 2.75) is 128 Å². The van der Waals surface area contributed by atoms with Gasteiger partial charge in [-0.25, -0.2) is 0 Å². The summed E-state index contributed by atoms with van der Waals surface area (Å²) >= 11 is 0. The molecule has 0 saturated heterocycles. The standard InChI is InChI=1S/C92H83N3/c1-56-20-11-17-28-84(56)93(66-40-30-58(31-41-66)62-38-48-72-70-22-13-15-24-76(70)89(3,4)80(72)52-62)68-44-34-60(35-45-68)64-50-74-75-51-65(55-83-87(75)95-86(74)82(54-64)91(7,8)78-26-19-27-79(88(78)95)92(83,9)10)61-36-46-69(47-37-61)94(85-29-18-12-21-57(85)2)67-42-32-59(33-43-67)63-39-49-73-71-23-14-16-25-77(71)90(5,6)81(73)53-63/h11-46,48-53,57,64-65,69,85H,47,54-55H2,1-10H3. The number of aryl methyl sites for hydroxylation is 1. The SMILES string of the molecule is Cc1ccccc1N(c1ccc(-c2ccc3c(c2)C(C)(C)c2ccccc2-3)cc1)c1ccc(C2C=c3c4c5n6c3=C(C2)C(C)(C)c2cccc(c2-6)C(C)(C)C=5CC(C2=CCC(N(c3ccc(-c5ccc6c(c5)C(C)(C)c5ccccc5-6)cc3)C3C=CC=CC3C)C=C2)C=4)cc1. The zero-order valence-corrected chi connectivity index (χ0v) is 56.6. The lowest BCUT2D eigenvalue weighted by Gasteiger charge is -2.44. The second kappa shape index (κ2) is 20.9. The van der Waals surface area contributed by atoms with Crippen LogP contribution in [0.5, 0.6) is 0 Å². The van der Waals surface area contributed by atoms with Crippen LogP contribution in [0, 0.1) is 18.8 Å². The number of hydrogen-bond acceptors (Lipinski definition) is 2. The molecule has 0 amide bonds. The van der Waals surface area contributed by atoms with Crippen LogP contribution in [0.1, 0.15) is 132 Å². The van der Waals surface area contributed by atoms with E-state index in [1.54, 1.807) is 11.1 Å². The minimum Gasteiger partial charge on any atom is -0.358 e. The van der Waals surface area contributed by atoms with Gasteiger partial charge in [-0.15, -0.1) is 0 Å². The van der Waals surface area contributed by atoms with Crippen LogP contribution in [0.4, 0.5) is 22.7 Å². The summed E-state index contributed by atoms with van der Waals surface area (Å²) in [6, 6.07) is 77.0. The third-order valence-electron chi connectivity index (χ3n) is 24.2. The van der Waals surface area contributed by atoms with Crippen LogP contribution in [0.15, 0.2) is 248 Å². The molecule has 5 atom stereocenters. The van der Waals surface area contributed by atoms with E-state index in [1.807, 2.05) is 0 Å². The third kappa shape index (κ3) is 8.56. The highest BCUT2D eigenvalue weighted by molar-refractivity contribution is 5.87. The van der Waals surface area contributed by atoms with Gasteiger partial charge in [-0.3, -0.25) is 0 Å². The van der Waals surface area contributed by atoms with Crippen molar-refractivity contribution in [3.8, 4) is 50.2 Å². The molecule has 95 heavy (non-hydrogen) atoms. The number of aromatic nitrogens is 1.